The minimum Gasteiger partial charge on any atom is -0.472 e. The summed E-state index contributed by atoms with van der Waals surface area (Å²) in [7, 11) is 0. The number of carbonyl (C=O) groups excluding carboxylic acids is 3. The summed E-state index contributed by atoms with van der Waals surface area (Å²) in [5.41, 5.74) is 0.683. The zero-order valence-corrected chi connectivity index (χ0v) is 18.5. The van der Waals surface area contributed by atoms with Gasteiger partial charge in [0.2, 0.25) is 0 Å². The number of rotatable bonds is 5. The molecule has 2 heterocycles. The van der Waals surface area contributed by atoms with Crippen LogP contribution in [0.1, 0.15) is 52.5 Å². The number of hydrogen-bond acceptors (Lipinski definition) is 7. The van der Waals surface area contributed by atoms with Gasteiger partial charge in [-0.1, -0.05) is 19.9 Å². The molecule has 2 aliphatic carbocycles. The second kappa shape index (κ2) is 7.84. The largest absolute Gasteiger partial charge is 0.472 e. The molecule has 168 valence electrons. The molecule has 1 spiro atoms. The van der Waals surface area contributed by atoms with Gasteiger partial charge in [-0.05, 0) is 42.2 Å². The molecule has 0 unspecified atom stereocenters. The summed E-state index contributed by atoms with van der Waals surface area (Å²) in [6, 6.07) is 1.94. The predicted octanol–water partition coefficient (Wildman–Crippen LogP) is 3.61. The van der Waals surface area contributed by atoms with Crippen LogP contribution in [0.25, 0.3) is 0 Å². The monoisotopic (exact) mass is 430 g/mol. The number of cyclic esters (lactones) is 1. The fourth-order valence-electron chi connectivity index (χ4n) is 6.34. The molecule has 7 nitrogen and oxygen atoms in total. The van der Waals surface area contributed by atoms with Crippen molar-refractivity contribution in [3.05, 3.63) is 35.8 Å². The van der Waals surface area contributed by atoms with Crippen LogP contribution in [0.2, 0.25) is 0 Å². The molecule has 1 aliphatic heterocycles. The Morgan fingerprint density at radius 2 is 1.90 bits per heavy atom. The van der Waals surface area contributed by atoms with Crippen molar-refractivity contribution in [1.82, 2.24) is 0 Å². The van der Waals surface area contributed by atoms with E-state index in [-0.39, 0.29) is 54.0 Å². The van der Waals surface area contributed by atoms with Gasteiger partial charge in [-0.2, -0.15) is 0 Å². The Balaban J connectivity index is 1.80. The Kier molecular flexibility index (Phi) is 5.48. The van der Waals surface area contributed by atoms with Crippen LogP contribution in [0, 0.1) is 22.7 Å². The van der Waals surface area contributed by atoms with E-state index in [1.165, 1.54) is 13.8 Å². The molecule has 3 aliphatic rings. The quantitative estimate of drug-likeness (QED) is 0.520. The summed E-state index contributed by atoms with van der Waals surface area (Å²) in [5, 5.41) is 0. The van der Waals surface area contributed by atoms with Gasteiger partial charge in [0.25, 0.3) is 0 Å². The first-order chi connectivity index (χ1) is 14.7. The highest BCUT2D eigenvalue weighted by Gasteiger charge is 2.67. The van der Waals surface area contributed by atoms with Crippen LogP contribution in [0.5, 0.6) is 0 Å². The van der Waals surface area contributed by atoms with Crippen LogP contribution in [0.15, 0.2) is 34.7 Å². The third-order valence-corrected chi connectivity index (χ3v) is 7.78. The summed E-state index contributed by atoms with van der Waals surface area (Å²) in [6.07, 6.45) is 6.98. The molecule has 1 saturated heterocycles. The van der Waals surface area contributed by atoms with Crippen LogP contribution < -0.4 is 0 Å². The van der Waals surface area contributed by atoms with Gasteiger partial charge in [0.05, 0.1) is 12.5 Å². The lowest BCUT2D eigenvalue weighted by molar-refractivity contribution is -0.194. The molecule has 1 aromatic rings. The molecule has 0 bridgehead atoms. The number of ether oxygens (including phenoxy) is 3. The van der Waals surface area contributed by atoms with Crippen LogP contribution in [-0.2, 0) is 35.0 Å². The van der Waals surface area contributed by atoms with E-state index in [1.54, 1.807) is 12.5 Å². The molecule has 6 atom stereocenters. The van der Waals surface area contributed by atoms with E-state index >= 15 is 0 Å². The van der Waals surface area contributed by atoms with Crippen LogP contribution in [0.4, 0.5) is 0 Å². The lowest BCUT2D eigenvalue weighted by atomic mass is 9.45. The Hall–Kier alpha value is -2.57. The number of esters is 3. The average molecular weight is 430 g/mol. The maximum absolute atomic E-state index is 12.6. The van der Waals surface area contributed by atoms with Gasteiger partial charge < -0.3 is 18.6 Å². The molecule has 7 heteroatoms. The van der Waals surface area contributed by atoms with Crippen molar-refractivity contribution in [3.8, 4) is 0 Å². The molecule has 0 amide bonds. The molecular weight excluding hydrogens is 400 g/mol. The Morgan fingerprint density at radius 1 is 1.19 bits per heavy atom. The first-order valence-corrected chi connectivity index (χ1v) is 10.9. The molecule has 2 fully saturated rings. The zero-order chi connectivity index (χ0) is 22.4. The van der Waals surface area contributed by atoms with Crippen molar-refractivity contribution >= 4 is 17.9 Å². The van der Waals surface area contributed by atoms with Crippen molar-refractivity contribution in [2.45, 2.75) is 65.6 Å². The van der Waals surface area contributed by atoms with Gasteiger partial charge in [-0.15, -0.1) is 0 Å². The average Bonchev–Trinajstić information content (AvgIpc) is 3.32. The van der Waals surface area contributed by atoms with E-state index in [4.69, 9.17) is 18.6 Å². The van der Waals surface area contributed by atoms with E-state index in [0.29, 0.717) is 18.4 Å². The number of aryl methyl sites for hydroxylation is 1. The summed E-state index contributed by atoms with van der Waals surface area (Å²) in [5.74, 6) is -1.14. The second-order valence-electron chi connectivity index (χ2n) is 9.49. The van der Waals surface area contributed by atoms with Crippen LogP contribution >= 0.6 is 0 Å². The lowest BCUT2D eigenvalue weighted by Gasteiger charge is -2.60. The van der Waals surface area contributed by atoms with Gasteiger partial charge >= 0.3 is 17.9 Å². The van der Waals surface area contributed by atoms with Crippen LogP contribution in [-0.4, -0.2) is 36.7 Å². The maximum Gasteiger partial charge on any atom is 0.334 e. The highest BCUT2D eigenvalue weighted by atomic mass is 16.6. The van der Waals surface area contributed by atoms with Crippen molar-refractivity contribution in [2.24, 2.45) is 22.7 Å². The van der Waals surface area contributed by atoms with Crippen LogP contribution in [0.3, 0.4) is 0 Å². The van der Waals surface area contributed by atoms with Crippen molar-refractivity contribution in [3.63, 3.8) is 0 Å². The van der Waals surface area contributed by atoms with Gasteiger partial charge in [0, 0.05) is 37.2 Å². The minimum atomic E-state index is -0.646. The maximum atomic E-state index is 12.6. The third kappa shape index (κ3) is 3.58. The molecule has 0 aromatic carbocycles. The lowest BCUT2D eigenvalue weighted by Crippen LogP contribution is -2.62. The topological polar surface area (TPSA) is 92.0 Å². The van der Waals surface area contributed by atoms with E-state index in [9.17, 15) is 14.4 Å². The number of hydrogen-bond donors (Lipinski definition) is 0. The fraction of sp³-hybridized carbons (Fsp3) is 0.625. The van der Waals surface area contributed by atoms with E-state index < -0.39 is 5.41 Å². The van der Waals surface area contributed by atoms with Crippen molar-refractivity contribution < 1.29 is 33.0 Å². The predicted molar refractivity (Wildman–Crippen MR) is 110 cm³/mol. The Labute approximate surface area is 182 Å². The normalized spacial score (nSPS) is 36.6. The van der Waals surface area contributed by atoms with Crippen molar-refractivity contribution in [1.29, 1.82) is 0 Å². The zero-order valence-electron chi connectivity index (χ0n) is 18.5. The summed E-state index contributed by atoms with van der Waals surface area (Å²) in [6.45, 7) is 7.30. The summed E-state index contributed by atoms with van der Waals surface area (Å²) in [4.78, 5) is 36.5. The van der Waals surface area contributed by atoms with Gasteiger partial charge in [0.1, 0.15) is 18.8 Å². The first-order valence-electron chi connectivity index (χ1n) is 10.9. The minimum absolute atomic E-state index is 0.00737. The van der Waals surface area contributed by atoms with Crippen molar-refractivity contribution in [2.75, 3.05) is 6.61 Å². The molecule has 0 N–H and O–H groups in total. The molecule has 1 aromatic heterocycles. The summed E-state index contributed by atoms with van der Waals surface area (Å²) < 4.78 is 22.4. The number of carbonyl (C=O) groups is 3. The molecule has 1 saturated carbocycles. The Bertz CT molecular complexity index is 901. The Morgan fingerprint density at radius 3 is 2.55 bits per heavy atom. The van der Waals surface area contributed by atoms with E-state index in [0.717, 1.165) is 18.4 Å². The van der Waals surface area contributed by atoms with Gasteiger partial charge in [-0.3, -0.25) is 9.59 Å². The SMILES string of the molecule is CC(=O)O[C@H]1CC=C2C(=O)OC[C@@]23C[C@@H](OC(C)=O)[C@H](C)[C@](C)(CCc2ccoc2)[C@H]13. The van der Waals surface area contributed by atoms with E-state index in [1.807, 2.05) is 12.1 Å². The highest BCUT2D eigenvalue weighted by Crippen LogP contribution is 2.64. The highest BCUT2D eigenvalue weighted by molar-refractivity contribution is 5.93. The van der Waals surface area contributed by atoms with E-state index in [2.05, 4.69) is 13.8 Å². The summed E-state index contributed by atoms with van der Waals surface area (Å²) >= 11 is 0. The molecular formula is C24H30O7. The smallest absolute Gasteiger partial charge is 0.334 e. The molecule has 4 rings (SSSR count). The standard InChI is InChI=1S/C24H30O7/c1-14-20(31-16(3)26)11-24-13-29-22(27)18(24)5-6-19(30-15(2)25)21(24)23(14,4)9-7-17-8-10-28-12-17/h5,8,10,12,14,19-21H,6-7,9,11,13H2,1-4H3/t14-,19-,20+,21-,23-,24-/m0/s1. The number of furan rings is 1. The van der Waals surface area contributed by atoms with Gasteiger partial charge in [0.15, 0.2) is 0 Å². The van der Waals surface area contributed by atoms with Gasteiger partial charge in [-0.25, -0.2) is 4.79 Å². The third-order valence-electron chi connectivity index (χ3n) is 7.78. The molecule has 0 radical (unpaired) electrons. The fourth-order valence-corrected chi connectivity index (χ4v) is 6.34. The molecule has 31 heavy (non-hydrogen) atoms. The first kappa shape index (κ1) is 21.7. The second-order valence-corrected chi connectivity index (χ2v) is 9.49.